The average molecular weight is 317 g/mol. The number of ether oxygens (including phenoxy) is 1. The Morgan fingerprint density at radius 1 is 0.917 bits per heavy atom. The second kappa shape index (κ2) is 7.55. The molecule has 120 valence electrons. The van der Waals surface area contributed by atoms with Gasteiger partial charge in [-0.3, -0.25) is 9.78 Å². The van der Waals surface area contributed by atoms with Crippen molar-refractivity contribution >= 4 is 5.97 Å². The maximum absolute atomic E-state index is 11.9. The highest BCUT2D eigenvalue weighted by Gasteiger charge is 2.06. The summed E-state index contributed by atoms with van der Waals surface area (Å²) in [4.78, 5) is 16.4. The van der Waals surface area contributed by atoms with E-state index in [4.69, 9.17) is 4.74 Å². The minimum Gasteiger partial charge on any atom is -0.461 e. The number of aryl methyl sites for hydroxylation is 1. The fourth-order valence-corrected chi connectivity index (χ4v) is 2.39. The summed E-state index contributed by atoms with van der Waals surface area (Å²) in [6, 6.07) is 21.6. The van der Waals surface area contributed by atoms with Crippen molar-refractivity contribution in [2.24, 2.45) is 0 Å². The van der Waals surface area contributed by atoms with E-state index in [9.17, 15) is 4.79 Å². The normalized spacial score (nSPS) is 10.4. The number of hydrogen-bond acceptors (Lipinski definition) is 3. The standard InChI is InChI=1S/C21H19NO2/c1-16-7-12-20(22-14-16)19-10-8-17(9-11-19)13-21(23)24-15-18-5-3-2-4-6-18/h2-12,14H,13,15H2,1H3. The highest BCUT2D eigenvalue weighted by Crippen LogP contribution is 2.18. The van der Waals surface area contributed by atoms with Crippen LogP contribution in [0.2, 0.25) is 0 Å². The summed E-state index contributed by atoms with van der Waals surface area (Å²) < 4.78 is 5.31. The van der Waals surface area contributed by atoms with Crippen molar-refractivity contribution in [3.05, 3.63) is 89.6 Å². The third kappa shape index (κ3) is 4.29. The summed E-state index contributed by atoms with van der Waals surface area (Å²) in [7, 11) is 0. The summed E-state index contributed by atoms with van der Waals surface area (Å²) in [6.07, 6.45) is 2.12. The van der Waals surface area contributed by atoms with Gasteiger partial charge in [0.05, 0.1) is 12.1 Å². The summed E-state index contributed by atoms with van der Waals surface area (Å²) in [5.41, 5.74) is 5.03. The first kappa shape index (κ1) is 15.9. The second-order valence-corrected chi connectivity index (χ2v) is 5.74. The molecule has 1 aromatic heterocycles. The molecule has 0 N–H and O–H groups in total. The quantitative estimate of drug-likeness (QED) is 0.657. The largest absolute Gasteiger partial charge is 0.461 e. The molecule has 0 aliphatic rings. The monoisotopic (exact) mass is 317 g/mol. The van der Waals surface area contributed by atoms with Crippen LogP contribution in [-0.2, 0) is 22.6 Å². The molecule has 0 unspecified atom stereocenters. The molecule has 2 aromatic carbocycles. The van der Waals surface area contributed by atoms with Crippen molar-refractivity contribution in [2.45, 2.75) is 20.0 Å². The van der Waals surface area contributed by atoms with Gasteiger partial charge in [-0.25, -0.2) is 0 Å². The van der Waals surface area contributed by atoms with Gasteiger partial charge < -0.3 is 4.74 Å². The number of carbonyl (C=O) groups excluding carboxylic acids is 1. The molecule has 24 heavy (non-hydrogen) atoms. The lowest BCUT2D eigenvalue weighted by atomic mass is 10.1. The van der Waals surface area contributed by atoms with Crippen LogP contribution in [0.15, 0.2) is 72.9 Å². The summed E-state index contributed by atoms with van der Waals surface area (Å²) in [5.74, 6) is -0.222. The summed E-state index contributed by atoms with van der Waals surface area (Å²) in [6.45, 7) is 2.33. The van der Waals surface area contributed by atoms with Crippen molar-refractivity contribution in [3.63, 3.8) is 0 Å². The van der Waals surface area contributed by atoms with Gasteiger partial charge in [-0.1, -0.05) is 60.7 Å². The maximum atomic E-state index is 11.9. The second-order valence-electron chi connectivity index (χ2n) is 5.74. The summed E-state index contributed by atoms with van der Waals surface area (Å²) in [5, 5.41) is 0. The number of hydrogen-bond donors (Lipinski definition) is 0. The minimum absolute atomic E-state index is 0.222. The molecule has 0 bridgehead atoms. The van der Waals surface area contributed by atoms with Gasteiger partial charge in [0.15, 0.2) is 0 Å². The van der Waals surface area contributed by atoms with E-state index in [0.29, 0.717) is 6.61 Å². The predicted octanol–water partition coefficient (Wildman–Crippen LogP) is 4.34. The van der Waals surface area contributed by atoms with Crippen LogP contribution in [0.5, 0.6) is 0 Å². The predicted molar refractivity (Wildman–Crippen MR) is 94.4 cm³/mol. The molecule has 0 aliphatic heterocycles. The van der Waals surface area contributed by atoms with Crippen LogP contribution < -0.4 is 0 Å². The van der Waals surface area contributed by atoms with Crippen molar-refractivity contribution < 1.29 is 9.53 Å². The first-order valence-corrected chi connectivity index (χ1v) is 7.92. The highest BCUT2D eigenvalue weighted by atomic mass is 16.5. The number of pyridine rings is 1. The molecule has 0 radical (unpaired) electrons. The Bertz CT molecular complexity index is 794. The van der Waals surface area contributed by atoms with Gasteiger partial charge in [0, 0.05) is 11.8 Å². The van der Waals surface area contributed by atoms with Gasteiger partial charge in [-0.2, -0.15) is 0 Å². The van der Waals surface area contributed by atoms with E-state index in [1.54, 1.807) is 0 Å². The van der Waals surface area contributed by atoms with Gasteiger partial charge >= 0.3 is 5.97 Å². The molecule has 0 spiro atoms. The van der Waals surface area contributed by atoms with Gasteiger partial charge in [0.25, 0.3) is 0 Å². The van der Waals surface area contributed by atoms with Crippen molar-refractivity contribution in [3.8, 4) is 11.3 Å². The smallest absolute Gasteiger partial charge is 0.310 e. The fourth-order valence-electron chi connectivity index (χ4n) is 2.39. The van der Waals surface area contributed by atoms with E-state index >= 15 is 0 Å². The first-order chi connectivity index (χ1) is 11.7. The van der Waals surface area contributed by atoms with Crippen molar-refractivity contribution in [1.29, 1.82) is 0 Å². The zero-order valence-electron chi connectivity index (χ0n) is 13.6. The van der Waals surface area contributed by atoms with Crippen LogP contribution >= 0.6 is 0 Å². The molecular weight excluding hydrogens is 298 g/mol. The number of aromatic nitrogens is 1. The van der Waals surface area contributed by atoms with E-state index in [-0.39, 0.29) is 12.4 Å². The maximum Gasteiger partial charge on any atom is 0.310 e. The molecule has 0 aliphatic carbocycles. The molecule has 0 fully saturated rings. The molecular formula is C21H19NO2. The van der Waals surface area contributed by atoms with E-state index in [1.165, 1.54) is 0 Å². The highest BCUT2D eigenvalue weighted by molar-refractivity contribution is 5.73. The lowest BCUT2D eigenvalue weighted by Gasteiger charge is -2.06. The van der Waals surface area contributed by atoms with Crippen LogP contribution in [-0.4, -0.2) is 11.0 Å². The number of carbonyl (C=O) groups is 1. The van der Waals surface area contributed by atoms with Crippen LogP contribution in [0.4, 0.5) is 0 Å². The number of nitrogens with zero attached hydrogens (tertiary/aromatic N) is 1. The SMILES string of the molecule is Cc1ccc(-c2ccc(CC(=O)OCc3ccccc3)cc2)nc1. The van der Waals surface area contributed by atoms with E-state index in [2.05, 4.69) is 4.98 Å². The Kier molecular flexibility index (Phi) is 5.02. The first-order valence-electron chi connectivity index (χ1n) is 7.92. The lowest BCUT2D eigenvalue weighted by Crippen LogP contribution is -2.07. The summed E-state index contributed by atoms with van der Waals surface area (Å²) >= 11 is 0. The zero-order valence-corrected chi connectivity index (χ0v) is 13.6. The molecule has 3 rings (SSSR count). The van der Waals surface area contributed by atoms with Gasteiger partial charge in [-0.15, -0.1) is 0 Å². The molecule has 0 amide bonds. The van der Waals surface area contributed by atoms with Crippen LogP contribution in [0.3, 0.4) is 0 Å². The molecule has 0 saturated carbocycles. The lowest BCUT2D eigenvalue weighted by molar-refractivity contribution is -0.144. The topological polar surface area (TPSA) is 39.2 Å². The Labute approximate surface area is 142 Å². The van der Waals surface area contributed by atoms with E-state index in [0.717, 1.165) is 27.9 Å². The third-order valence-electron chi connectivity index (χ3n) is 3.75. The molecule has 3 nitrogen and oxygen atoms in total. The molecule has 0 atom stereocenters. The van der Waals surface area contributed by atoms with E-state index < -0.39 is 0 Å². The third-order valence-corrected chi connectivity index (χ3v) is 3.75. The van der Waals surface area contributed by atoms with Gasteiger partial charge in [0.2, 0.25) is 0 Å². The molecule has 3 aromatic rings. The van der Waals surface area contributed by atoms with Crippen molar-refractivity contribution in [2.75, 3.05) is 0 Å². The number of esters is 1. The molecule has 1 heterocycles. The molecule has 0 saturated heterocycles. The Morgan fingerprint density at radius 2 is 1.67 bits per heavy atom. The van der Waals surface area contributed by atoms with Crippen LogP contribution in [0.25, 0.3) is 11.3 Å². The number of benzene rings is 2. The van der Waals surface area contributed by atoms with Crippen LogP contribution in [0, 0.1) is 6.92 Å². The van der Waals surface area contributed by atoms with Crippen LogP contribution in [0.1, 0.15) is 16.7 Å². The Hall–Kier alpha value is -2.94. The Morgan fingerprint density at radius 3 is 2.33 bits per heavy atom. The zero-order chi connectivity index (χ0) is 16.8. The Balaban J connectivity index is 1.57. The fraction of sp³-hybridized carbons (Fsp3) is 0.143. The van der Waals surface area contributed by atoms with Gasteiger partial charge in [0.1, 0.15) is 6.61 Å². The molecule has 3 heteroatoms. The average Bonchev–Trinajstić information content (AvgIpc) is 2.62. The van der Waals surface area contributed by atoms with E-state index in [1.807, 2.05) is 79.9 Å². The van der Waals surface area contributed by atoms with Crippen molar-refractivity contribution in [1.82, 2.24) is 4.98 Å². The number of rotatable bonds is 5. The van der Waals surface area contributed by atoms with Gasteiger partial charge in [-0.05, 0) is 29.7 Å². The minimum atomic E-state index is -0.222.